The zero-order chi connectivity index (χ0) is 41.1. The van der Waals surface area contributed by atoms with Crippen molar-refractivity contribution in [2.75, 3.05) is 0 Å². The molecule has 0 aliphatic carbocycles. The molecule has 2 aromatic carbocycles. The molecule has 58 heavy (non-hydrogen) atoms. The van der Waals surface area contributed by atoms with Gasteiger partial charge in [-0.1, -0.05) is 47.8 Å². The highest BCUT2D eigenvalue weighted by Gasteiger charge is 2.21. The number of carbonyl (C=O) groups is 2. The van der Waals surface area contributed by atoms with Gasteiger partial charge in [0.05, 0.1) is 0 Å². The molecule has 6 aromatic heterocycles. The fourth-order valence-electron chi connectivity index (χ4n) is 6.34. The largest absolute Gasteiger partial charge is 0.441 e. The maximum Gasteiger partial charge on any atom is 0.192 e. The van der Waals surface area contributed by atoms with Gasteiger partial charge in [-0.15, -0.1) is 20.4 Å². The van der Waals surface area contributed by atoms with Crippen molar-refractivity contribution in [1.29, 1.82) is 0 Å². The van der Waals surface area contributed by atoms with E-state index in [4.69, 9.17) is 8.83 Å². The lowest BCUT2D eigenvalue weighted by atomic mass is 10.0. The molecule has 2 atom stereocenters. The van der Waals surface area contributed by atoms with Crippen molar-refractivity contribution in [2.45, 2.75) is 75.2 Å². The van der Waals surface area contributed by atoms with Crippen LogP contribution in [0.4, 0.5) is 0 Å². The second-order valence-electron chi connectivity index (χ2n) is 14.0. The Hall–Kier alpha value is -6.00. The summed E-state index contributed by atoms with van der Waals surface area (Å²) in [4.78, 5) is 43.4. The van der Waals surface area contributed by atoms with Crippen LogP contribution in [-0.2, 0) is 26.9 Å². The lowest BCUT2D eigenvalue weighted by molar-refractivity contribution is 0.0980. The third-order valence-electron chi connectivity index (χ3n) is 9.29. The number of benzene rings is 2. The molecule has 0 bridgehead atoms. The monoisotopic (exact) mass is 814 g/mol. The number of thioether (sulfide) groups is 2. The van der Waals surface area contributed by atoms with Crippen LogP contribution in [0.3, 0.4) is 0 Å². The number of hydrogen-bond donors (Lipinski definition) is 0. The second kappa shape index (κ2) is 17.2. The summed E-state index contributed by atoms with van der Waals surface area (Å²) >= 11 is 3.21. The van der Waals surface area contributed by atoms with Crippen molar-refractivity contribution >= 4 is 57.3 Å². The molecule has 0 saturated heterocycles. The van der Waals surface area contributed by atoms with E-state index in [9.17, 15) is 9.59 Å². The first-order valence-electron chi connectivity index (χ1n) is 18.6. The molecule has 0 amide bonds. The van der Waals surface area contributed by atoms with Gasteiger partial charge in [-0.25, -0.2) is 9.97 Å². The zero-order valence-corrected chi connectivity index (χ0v) is 35.1. The molecule has 8 rings (SSSR count). The summed E-state index contributed by atoms with van der Waals surface area (Å²) in [6.45, 7) is 11.6. The average molecular weight is 815 g/mol. The van der Waals surface area contributed by atoms with Gasteiger partial charge >= 0.3 is 0 Å². The van der Waals surface area contributed by atoms with Crippen LogP contribution < -0.4 is 0 Å². The van der Waals surface area contributed by atoms with E-state index in [2.05, 4.69) is 54.2 Å². The molecule has 0 fully saturated rings. The van der Waals surface area contributed by atoms with Gasteiger partial charge in [0.1, 0.15) is 35.1 Å². The number of aromatic nitrogens is 10. The van der Waals surface area contributed by atoms with Gasteiger partial charge in [-0.2, -0.15) is 0 Å². The van der Waals surface area contributed by atoms with E-state index in [1.165, 1.54) is 0 Å². The number of rotatable bonds is 12. The maximum absolute atomic E-state index is 12.8. The summed E-state index contributed by atoms with van der Waals surface area (Å²) in [6, 6.07) is 19.0. The predicted molar refractivity (Wildman–Crippen MR) is 222 cm³/mol. The van der Waals surface area contributed by atoms with Crippen LogP contribution in [0, 0.1) is 27.7 Å². The highest BCUT2D eigenvalue weighted by Crippen LogP contribution is 2.37. The van der Waals surface area contributed by atoms with Gasteiger partial charge in [0.2, 0.25) is 0 Å². The van der Waals surface area contributed by atoms with Crippen molar-refractivity contribution in [3.8, 4) is 0 Å². The van der Waals surface area contributed by atoms with E-state index in [1.807, 2.05) is 99.5 Å². The number of nitrogens with zero attached hydrogens (tertiary/aromatic N) is 10. The lowest BCUT2D eigenvalue weighted by Crippen LogP contribution is -2.07. The minimum Gasteiger partial charge on any atom is -0.441 e. The van der Waals surface area contributed by atoms with Crippen LogP contribution in [0.1, 0.15) is 90.7 Å². The van der Waals surface area contributed by atoms with E-state index in [0.717, 1.165) is 55.0 Å². The van der Waals surface area contributed by atoms with Crippen LogP contribution in [0.5, 0.6) is 0 Å². The summed E-state index contributed by atoms with van der Waals surface area (Å²) in [5.41, 5.74) is 9.12. The summed E-state index contributed by atoms with van der Waals surface area (Å²) < 4.78 is 15.4. The van der Waals surface area contributed by atoms with Crippen LogP contribution in [0.2, 0.25) is 0 Å². The Kier molecular flexibility index (Phi) is 12.0. The molecule has 0 saturated carbocycles. The van der Waals surface area contributed by atoms with Crippen LogP contribution in [0.25, 0.3) is 22.2 Å². The van der Waals surface area contributed by atoms with E-state index < -0.39 is 0 Å². The summed E-state index contributed by atoms with van der Waals surface area (Å²) in [6.07, 6.45) is 3.77. The number of pyridine rings is 2. The summed E-state index contributed by atoms with van der Waals surface area (Å²) in [5.74, 6) is 1.06. The number of fused-ring (bicyclic) bond motifs is 2. The topological polar surface area (TPSA) is 173 Å². The van der Waals surface area contributed by atoms with E-state index in [-0.39, 0.29) is 34.9 Å². The lowest BCUT2D eigenvalue weighted by Gasteiger charge is -2.12. The SMILES string of the molecule is Cc1cccc(C(=O)Cc2cc([C@@H](C)Sc3nncn3C)cc3nc(C)oc23)n1.Cc1cccc(C(=O)Cc2cc([C@H](C)Sc3nncn3C)cc3nc(C)oc23)n1. The zero-order valence-electron chi connectivity index (χ0n) is 33.4. The number of carbonyl (C=O) groups excluding carboxylic acids is 2. The van der Waals surface area contributed by atoms with Crippen molar-refractivity contribution in [2.24, 2.45) is 14.1 Å². The van der Waals surface area contributed by atoms with Gasteiger partial charge < -0.3 is 18.0 Å². The van der Waals surface area contributed by atoms with Gasteiger partial charge in [0.25, 0.3) is 0 Å². The minimum absolute atomic E-state index is 0.0465. The quantitative estimate of drug-likeness (QED) is 0.0848. The Balaban J connectivity index is 0.000000177. The number of hydrogen-bond acceptors (Lipinski definition) is 14. The van der Waals surface area contributed by atoms with Gasteiger partial charge in [0, 0.05) is 73.8 Å². The molecular formula is C42H42N10O4S2. The third-order valence-corrected chi connectivity index (χ3v) is 11.7. The van der Waals surface area contributed by atoms with Crippen molar-refractivity contribution in [3.05, 3.63) is 130 Å². The highest BCUT2D eigenvalue weighted by atomic mass is 32.2. The third kappa shape index (κ3) is 9.24. The molecular weight excluding hydrogens is 773 g/mol. The molecule has 6 heterocycles. The predicted octanol–water partition coefficient (Wildman–Crippen LogP) is 8.49. The number of oxazole rings is 2. The Morgan fingerprint density at radius 3 is 1.40 bits per heavy atom. The number of ketones is 2. The van der Waals surface area contributed by atoms with Crippen molar-refractivity contribution in [1.82, 2.24) is 49.5 Å². The molecule has 16 heteroatoms. The summed E-state index contributed by atoms with van der Waals surface area (Å²) in [7, 11) is 3.83. The molecule has 8 aromatic rings. The molecule has 0 aliphatic heterocycles. The normalized spacial score (nSPS) is 12.4. The summed E-state index contributed by atoms with van der Waals surface area (Å²) in [5, 5.41) is 18.0. The Morgan fingerprint density at radius 1 is 0.621 bits per heavy atom. The second-order valence-corrected chi connectivity index (χ2v) is 16.6. The van der Waals surface area contributed by atoms with Crippen LogP contribution in [0.15, 0.2) is 92.5 Å². The first-order chi connectivity index (χ1) is 27.8. The maximum atomic E-state index is 12.8. The molecule has 0 spiro atoms. The number of aryl methyl sites for hydroxylation is 6. The highest BCUT2D eigenvalue weighted by molar-refractivity contribution is 7.99. The Morgan fingerprint density at radius 2 is 1.03 bits per heavy atom. The fraction of sp³-hybridized carbons (Fsp3) is 0.286. The molecule has 296 valence electrons. The fourth-order valence-corrected chi connectivity index (χ4v) is 8.13. The van der Waals surface area contributed by atoms with E-state index in [0.29, 0.717) is 34.3 Å². The van der Waals surface area contributed by atoms with Crippen molar-refractivity contribution in [3.63, 3.8) is 0 Å². The first kappa shape index (κ1) is 40.2. The minimum atomic E-state index is -0.0465. The number of Topliss-reactive ketones (excluding diaryl/α,β-unsaturated/α-hetero) is 2. The molecule has 0 radical (unpaired) electrons. The first-order valence-corrected chi connectivity index (χ1v) is 20.3. The van der Waals surface area contributed by atoms with E-state index in [1.54, 1.807) is 48.3 Å². The Bertz CT molecular complexity index is 2580. The Labute approximate surface area is 343 Å². The van der Waals surface area contributed by atoms with Gasteiger partial charge in [-0.3, -0.25) is 19.6 Å². The molecule has 0 aliphatic rings. The van der Waals surface area contributed by atoms with Gasteiger partial charge in [-0.05, 0) is 75.2 Å². The average Bonchev–Trinajstić information content (AvgIpc) is 3.98. The molecule has 14 nitrogen and oxygen atoms in total. The smallest absolute Gasteiger partial charge is 0.192 e. The van der Waals surface area contributed by atoms with Gasteiger partial charge in [0.15, 0.2) is 44.8 Å². The molecule has 0 N–H and O–H groups in total. The standard InChI is InChI=1S/2C21H21N5O2S/c2*1-12-6-5-7-17(23-12)19(27)10-16-8-15(9-18-20(16)28-14(3)24-18)13(2)29-21-25-22-11-26(21)4/h2*5-9,11,13H,10H2,1-4H3/t2*13-/m10/s1. The molecule has 0 unspecified atom stereocenters. The van der Waals surface area contributed by atoms with Crippen LogP contribution in [-0.4, -0.2) is 61.0 Å². The van der Waals surface area contributed by atoms with E-state index >= 15 is 0 Å². The van der Waals surface area contributed by atoms with Crippen molar-refractivity contribution < 1.29 is 18.4 Å². The van der Waals surface area contributed by atoms with Crippen LogP contribution >= 0.6 is 23.5 Å².